The second kappa shape index (κ2) is 22.7. The molecule has 63 heavy (non-hydrogen) atoms. The summed E-state index contributed by atoms with van der Waals surface area (Å²) in [5.74, 6) is -3.89. The van der Waals surface area contributed by atoms with Crippen LogP contribution in [0.3, 0.4) is 0 Å². The molecule has 4 aromatic carbocycles. The van der Waals surface area contributed by atoms with E-state index in [9.17, 15) is 24.3 Å². The molecule has 0 amide bonds. The van der Waals surface area contributed by atoms with Crippen LogP contribution in [0.25, 0.3) is 0 Å². The third-order valence-electron chi connectivity index (χ3n) is 10.2. The molecule has 15 heteroatoms. The summed E-state index contributed by atoms with van der Waals surface area (Å²) in [6.07, 6.45) is -9.23. The molecule has 0 aliphatic carbocycles. The highest BCUT2D eigenvalue weighted by atomic mass is 16.8. The third kappa shape index (κ3) is 13.0. The molecule has 4 aromatic rings. The molecule has 0 aromatic heterocycles. The Morgan fingerprint density at radius 1 is 0.683 bits per heavy atom. The van der Waals surface area contributed by atoms with Crippen molar-refractivity contribution in [3.63, 3.8) is 0 Å². The Hall–Kier alpha value is -5.52. The van der Waals surface area contributed by atoms with Crippen molar-refractivity contribution in [2.24, 2.45) is 0 Å². The van der Waals surface area contributed by atoms with Gasteiger partial charge in [0.05, 0.1) is 35.0 Å². The molecule has 3 unspecified atom stereocenters. The van der Waals surface area contributed by atoms with Gasteiger partial charge in [0.2, 0.25) is 0 Å². The van der Waals surface area contributed by atoms with Crippen molar-refractivity contribution < 1.29 is 71.7 Å². The predicted octanol–water partition coefficient (Wildman–Crippen LogP) is 6.32. The molecule has 0 spiro atoms. The number of hydrogen-bond acceptors (Lipinski definition) is 15. The maximum atomic E-state index is 13.7. The molecule has 15 nitrogen and oxygen atoms in total. The Morgan fingerprint density at radius 2 is 1.19 bits per heavy atom. The molecule has 2 fully saturated rings. The number of ether oxygens (including phenoxy) is 10. The van der Waals surface area contributed by atoms with Crippen molar-refractivity contribution in [2.45, 2.75) is 102 Å². The zero-order chi connectivity index (χ0) is 44.8. The van der Waals surface area contributed by atoms with Crippen LogP contribution >= 0.6 is 0 Å². The lowest BCUT2D eigenvalue weighted by Crippen LogP contribution is -2.60. The van der Waals surface area contributed by atoms with Crippen LogP contribution in [0.1, 0.15) is 82.0 Å². The van der Waals surface area contributed by atoms with Gasteiger partial charge in [-0.2, -0.15) is 0 Å². The fourth-order valence-electron chi connectivity index (χ4n) is 6.90. The number of esters is 4. The van der Waals surface area contributed by atoms with E-state index in [4.69, 9.17) is 47.4 Å². The summed E-state index contributed by atoms with van der Waals surface area (Å²) in [6, 6.07) is 33.3. The van der Waals surface area contributed by atoms with Crippen molar-refractivity contribution >= 4 is 23.9 Å². The molecule has 9 atom stereocenters. The Labute approximate surface area is 366 Å². The average Bonchev–Trinajstić information content (AvgIpc) is 3.65. The monoisotopic (exact) mass is 870 g/mol. The predicted molar refractivity (Wildman–Crippen MR) is 224 cm³/mol. The molecule has 1 N–H and O–H groups in total. The Kier molecular flexibility index (Phi) is 16.9. The van der Waals surface area contributed by atoms with Gasteiger partial charge in [-0.3, -0.25) is 0 Å². The summed E-state index contributed by atoms with van der Waals surface area (Å²) < 4.78 is 61.7. The molecule has 2 aliphatic heterocycles. The molecule has 2 aliphatic rings. The van der Waals surface area contributed by atoms with Gasteiger partial charge in [0.1, 0.15) is 37.6 Å². The van der Waals surface area contributed by atoms with E-state index >= 15 is 0 Å². The number of carbonyl (C=O) groups is 4. The topological polar surface area (TPSA) is 181 Å². The molecule has 0 bridgehead atoms. The van der Waals surface area contributed by atoms with Crippen LogP contribution in [0, 0.1) is 0 Å². The van der Waals surface area contributed by atoms with E-state index in [1.54, 1.807) is 142 Å². The lowest BCUT2D eigenvalue weighted by molar-refractivity contribution is -0.311. The van der Waals surface area contributed by atoms with Gasteiger partial charge in [0, 0.05) is 6.61 Å². The zero-order valence-corrected chi connectivity index (χ0v) is 35.6. The number of fused-ring (bicyclic) bond motifs is 1. The maximum Gasteiger partial charge on any atom is 0.338 e. The van der Waals surface area contributed by atoms with Crippen LogP contribution in [0.4, 0.5) is 0 Å². The lowest BCUT2D eigenvalue weighted by Gasteiger charge is -2.42. The number of hydrogen-bond donors (Lipinski definition) is 1. The van der Waals surface area contributed by atoms with Gasteiger partial charge in [-0.25, -0.2) is 19.2 Å². The van der Waals surface area contributed by atoms with Gasteiger partial charge < -0.3 is 52.5 Å². The highest BCUT2D eigenvalue weighted by Crippen LogP contribution is 2.40. The summed E-state index contributed by atoms with van der Waals surface area (Å²) >= 11 is 0. The summed E-state index contributed by atoms with van der Waals surface area (Å²) in [7, 11) is 0. The molecular formula is C48H54O15. The van der Waals surface area contributed by atoms with Crippen LogP contribution in [0.5, 0.6) is 0 Å². The maximum absolute atomic E-state index is 13.7. The minimum atomic E-state index is -1.42. The molecule has 336 valence electrons. The number of benzene rings is 4. The standard InChI is InChI=1S/C48H54O15/c1-5-6-27-54-46(36(28-49)58-44(52)34-23-15-9-16-24-34)59-37(29-55-42(50)32-19-11-7-12-20-32)31(2)57-47-41(61-45(53)35-25-17-10-18-26-35)40-39(62-48(3,4)63-40)38(60-47)30-56-43(51)33-21-13-8-14-22-33/h7-26,31,36-41,46-47,49H,5-6,27-30H2,1-4H3/t31-,36-,37?,38-,39-,40?,41?,46+,47+/m0/s1. The Balaban J connectivity index is 1.30. The molecule has 0 saturated carbocycles. The van der Waals surface area contributed by atoms with Crippen LogP contribution in [-0.4, -0.2) is 117 Å². The highest BCUT2D eigenvalue weighted by Gasteiger charge is 2.58. The van der Waals surface area contributed by atoms with Gasteiger partial charge in [0.25, 0.3) is 0 Å². The van der Waals surface area contributed by atoms with Gasteiger partial charge in [-0.15, -0.1) is 0 Å². The fourth-order valence-corrected chi connectivity index (χ4v) is 6.90. The first-order valence-electron chi connectivity index (χ1n) is 21.0. The van der Waals surface area contributed by atoms with Gasteiger partial charge in [-0.1, -0.05) is 86.1 Å². The van der Waals surface area contributed by atoms with Crippen LogP contribution in [0.2, 0.25) is 0 Å². The minimum absolute atomic E-state index is 0.162. The number of rotatable bonds is 21. The summed E-state index contributed by atoms with van der Waals surface area (Å²) in [5, 5.41) is 10.6. The van der Waals surface area contributed by atoms with Crippen molar-refractivity contribution in [2.75, 3.05) is 26.4 Å². The largest absolute Gasteiger partial charge is 0.459 e. The van der Waals surface area contributed by atoms with Crippen LogP contribution < -0.4 is 0 Å². The summed E-state index contributed by atoms with van der Waals surface area (Å²) in [5.41, 5.74) is 1.08. The van der Waals surface area contributed by atoms with E-state index in [0.29, 0.717) is 12.0 Å². The van der Waals surface area contributed by atoms with Crippen molar-refractivity contribution in [1.29, 1.82) is 0 Å². The quantitative estimate of drug-likeness (QED) is 0.0425. The first-order valence-corrected chi connectivity index (χ1v) is 21.0. The second-order valence-electron chi connectivity index (χ2n) is 15.4. The molecule has 0 radical (unpaired) electrons. The normalized spacial score (nSPS) is 22.1. The fraction of sp³-hybridized carbons (Fsp3) is 0.417. The van der Waals surface area contributed by atoms with Crippen LogP contribution in [0.15, 0.2) is 121 Å². The van der Waals surface area contributed by atoms with E-state index in [-0.39, 0.29) is 29.9 Å². The number of unbranched alkanes of at least 4 members (excludes halogenated alkanes) is 1. The Morgan fingerprint density at radius 3 is 1.73 bits per heavy atom. The zero-order valence-electron chi connectivity index (χ0n) is 35.6. The SMILES string of the molecule is CCCCO[C@H](OC(COC(=O)c1ccccc1)[C@H](C)O[C@@H]1O[C@@H](COC(=O)c2ccccc2)[C@@H]2OC(C)(C)OC2C1OC(=O)c1ccccc1)[C@H](CO)OC(=O)c1ccccc1. The minimum Gasteiger partial charge on any atom is -0.459 e. The van der Waals surface area contributed by atoms with Gasteiger partial charge in [-0.05, 0) is 75.7 Å². The highest BCUT2D eigenvalue weighted by molar-refractivity contribution is 5.90. The van der Waals surface area contributed by atoms with Gasteiger partial charge in [0.15, 0.2) is 30.6 Å². The average molecular weight is 871 g/mol. The second-order valence-corrected chi connectivity index (χ2v) is 15.4. The van der Waals surface area contributed by atoms with E-state index in [0.717, 1.165) is 6.42 Å². The molecule has 2 heterocycles. The lowest BCUT2D eigenvalue weighted by atomic mass is 9.98. The number of aliphatic hydroxyl groups is 1. The summed E-state index contributed by atoms with van der Waals surface area (Å²) in [6.45, 7) is 5.71. The van der Waals surface area contributed by atoms with E-state index < -0.39 is 98.2 Å². The summed E-state index contributed by atoms with van der Waals surface area (Å²) in [4.78, 5) is 53.3. The van der Waals surface area contributed by atoms with Crippen molar-refractivity contribution in [3.8, 4) is 0 Å². The third-order valence-corrected chi connectivity index (χ3v) is 10.2. The van der Waals surface area contributed by atoms with Crippen molar-refractivity contribution in [1.82, 2.24) is 0 Å². The van der Waals surface area contributed by atoms with Crippen LogP contribution in [-0.2, 0) is 47.4 Å². The smallest absolute Gasteiger partial charge is 0.338 e. The van der Waals surface area contributed by atoms with E-state index in [2.05, 4.69) is 0 Å². The molecule has 6 rings (SSSR count). The van der Waals surface area contributed by atoms with Crippen molar-refractivity contribution in [3.05, 3.63) is 144 Å². The number of carbonyl (C=O) groups excluding carboxylic acids is 4. The molecule has 2 saturated heterocycles. The Bertz CT molecular complexity index is 2050. The number of aliphatic hydroxyl groups excluding tert-OH is 1. The van der Waals surface area contributed by atoms with E-state index in [1.807, 2.05) is 6.92 Å². The molecular weight excluding hydrogens is 817 g/mol. The first kappa shape index (κ1) is 47.0. The first-order chi connectivity index (χ1) is 30.5. The van der Waals surface area contributed by atoms with Gasteiger partial charge >= 0.3 is 23.9 Å². The van der Waals surface area contributed by atoms with E-state index in [1.165, 1.54) is 0 Å².